The summed E-state index contributed by atoms with van der Waals surface area (Å²) in [6.45, 7) is 8.85. The maximum atomic E-state index is 6.18. The summed E-state index contributed by atoms with van der Waals surface area (Å²) >= 11 is 0. The number of ether oxygens (including phenoxy) is 1. The molecule has 4 rings (SSSR count). The van der Waals surface area contributed by atoms with E-state index in [0.29, 0.717) is 0 Å². The van der Waals surface area contributed by atoms with Crippen molar-refractivity contribution in [2.75, 3.05) is 6.61 Å². The topological polar surface area (TPSA) is 14.2 Å². The number of aromatic nitrogens is 1. The largest absolute Gasteiger partial charge is 0.367 e. The van der Waals surface area contributed by atoms with E-state index >= 15 is 0 Å². The van der Waals surface area contributed by atoms with Crippen molar-refractivity contribution >= 4 is 10.9 Å². The van der Waals surface area contributed by atoms with E-state index in [0.717, 1.165) is 19.6 Å². The van der Waals surface area contributed by atoms with E-state index in [1.54, 1.807) is 0 Å². The van der Waals surface area contributed by atoms with Crippen molar-refractivity contribution in [2.24, 2.45) is 0 Å². The molecule has 0 spiro atoms. The zero-order chi connectivity index (χ0) is 13.3. The molecule has 19 heavy (non-hydrogen) atoms. The SMILES string of the molecule is CC1(C)CC[C@@]2(C)OCCn3c2c1c1ccccc13. The standard InChI is InChI=1S/C17H21NO/c1-16(2)8-9-17(3)15-14(16)12-6-4-5-7-13(12)18(15)10-11-19-17/h4-7H,8-11H2,1-3H3/t17-/m1/s1. The molecule has 100 valence electrons. The van der Waals surface area contributed by atoms with Crippen LogP contribution < -0.4 is 0 Å². The maximum Gasteiger partial charge on any atom is 0.106 e. The Morgan fingerprint density at radius 3 is 2.74 bits per heavy atom. The molecule has 2 heteroatoms. The third-order valence-electron chi connectivity index (χ3n) is 5.11. The van der Waals surface area contributed by atoms with Crippen LogP contribution in [-0.2, 0) is 22.3 Å². The summed E-state index contributed by atoms with van der Waals surface area (Å²) < 4.78 is 8.68. The van der Waals surface area contributed by atoms with Gasteiger partial charge in [0.25, 0.3) is 0 Å². The molecule has 0 saturated heterocycles. The van der Waals surface area contributed by atoms with Gasteiger partial charge in [0.2, 0.25) is 0 Å². The van der Waals surface area contributed by atoms with Crippen LogP contribution in [0.5, 0.6) is 0 Å². The minimum atomic E-state index is -0.0812. The average Bonchev–Trinajstić information content (AvgIpc) is 2.73. The lowest BCUT2D eigenvalue weighted by atomic mass is 9.69. The van der Waals surface area contributed by atoms with Crippen molar-refractivity contribution in [1.82, 2.24) is 4.57 Å². The molecule has 0 saturated carbocycles. The Bertz CT molecular complexity index is 667. The van der Waals surface area contributed by atoms with Gasteiger partial charge in [-0.3, -0.25) is 0 Å². The summed E-state index contributed by atoms with van der Waals surface area (Å²) in [6, 6.07) is 8.85. The molecule has 0 amide bonds. The molecule has 0 radical (unpaired) electrons. The number of hydrogen-bond acceptors (Lipinski definition) is 1. The van der Waals surface area contributed by atoms with Crippen LogP contribution in [0, 0.1) is 0 Å². The van der Waals surface area contributed by atoms with Gasteiger partial charge in [0.1, 0.15) is 5.60 Å². The van der Waals surface area contributed by atoms with Crippen LogP contribution in [-0.4, -0.2) is 11.2 Å². The van der Waals surface area contributed by atoms with E-state index in [-0.39, 0.29) is 11.0 Å². The van der Waals surface area contributed by atoms with Crippen LogP contribution >= 0.6 is 0 Å². The summed E-state index contributed by atoms with van der Waals surface area (Å²) in [5, 5.41) is 1.43. The monoisotopic (exact) mass is 255 g/mol. The Labute approximate surface area is 114 Å². The Kier molecular flexibility index (Phi) is 2.08. The zero-order valence-corrected chi connectivity index (χ0v) is 12.0. The number of hydrogen-bond donors (Lipinski definition) is 0. The zero-order valence-electron chi connectivity index (χ0n) is 12.0. The quantitative estimate of drug-likeness (QED) is 0.695. The fraction of sp³-hybridized carbons (Fsp3) is 0.529. The summed E-state index contributed by atoms with van der Waals surface area (Å²) in [7, 11) is 0. The second kappa shape index (κ2) is 3.43. The molecule has 1 aliphatic heterocycles. The van der Waals surface area contributed by atoms with Crippen LogP contribution in [0.4, 0.5) is 0 Å². The van der Waals surface area contributed by atoms with Gasteiger partial charge in [-0.1, -0.05) is 32.0 Å². The van der Waals surface area contributed by atoms with Gasteiger partial charge in [-0.05, 0) is 36.8 Å². The lowest BCUT2D eigenvalue weighted by molar-refractivity contribution is -0.0802. The first-order chi connectivity index (χ1) is 9.03. The molecular formula is C17H21NO. The number of rotatable bonds is 0. The molecule has 0 N–H and O–H groups in total. The molecule has 0 fully saturated rings. The first-order valence-corrected chi connectivity index (χ1v) is 7.29. The van der Waals surface area contributed by atoms with Crippen LogP contribution in [0.15, 0.2) is 24.3 Å². The van der Waals surface area contributed by atoms with E-state index in [1.807, 2.05) is 0 Å². The van der Waals surface area contributed by atoms with Crippen LogP contribution in [0.2, 0.25) is 0 Å². The molecular weight excluding hydrogens is 234 g/mol. The third kappa shape index (κ3) is 1.35. The average molecular weight is 255 g/mol. The first kappa shape index (κ1) is 11.5. The van der Waals surface area contributed by atoms with E-state index in [4.69, 9.17) is 4.74 Å². The molecule has 0 unspecified atom stereocenters. The maximum absolute atomic E-state index is 6.18. The van der Waals surface area contributed by atoms with Crippen LogP contribution in [0.3, 0.4) is 0 Å². The predicted octanol–water partition coefficient (Wildman–Crippen LogP) is 3.96. The smallest absolute Gasteiger partial charge is 0.106 e. The molecule has 2 nitrogen and oxygen atoms in total. The number of benzene rings is 1. The van der Waals surface area contributed by atoms with Gasteiger partial charge in [-0.15, -0.1) is 0 Å². The minimum Gasteiger partial charge on any atom is -0.367 e. The predicted molar refractivity (Wildman–Crippen MR) is 77.5 cm³/mol. The van der Waals surface area contributed by atoms with Crippen molar-refractivity contribution < 1.29 is 4.74 Å². The Balaban J connectivity index is 2.18. The highest BCUT2D eigenvalue weighted by Gasteiger charge is 2.46. The molecule has 1 aliphatic carbocycles. The summed E-state index contributed by atoms with van der Waals surface area (Å²) in [6.07, 6.45) is 2.33. The minimum absolute atomic E-state index is 0.0812. The van der Waals surface area contributed by atoms with Gasteiger partial charge in [0.05, 0.1) is 12.3 Å². The molecule has 0 bridgehead atoms. The summed E-state index contributed by atoms with van der Waals surface area (Å²) in [4.78, 5) is 0. The normalized spacial score (nSPS) is 28.4. The number of para-hydroxylation sites is 1. The lowest BCUT2D eigenvalue weighted by Crippen LogP contribution is -2.42. The van der Waals surface area contributed by atoms with Gasteiger partial charge in [-0.2, -0.15) is 0 Å². The molecule has 2 heterocycles. The highest BCUT2D eigenvalue weighted by Crippen LogP contribution is 2.51. The van der Waals surface area contributed by atoms with E-state index in [9.17, 15) is 0 Å². The highest BCUT2D eigenvalue weighted by atomic mass is 16.5. The molecule has 1 atom stereocenters. The summed E-state index contributed by atoms with van der Waals surface area (Å²) in [5.41, 5.74) is 4.52. The van der Waals surface area contributed by atoms with E-state index in [1.165, 1.54) is 28.6 Å². The van der Waals surface area contributed by atoms with Crippen molar-refractivity contribution in [3.05, 3.63) is 35.5 Å². The van der Waals surface area contributed by atoms with Gasteiger partial charge in [0, 0.05) is 17.4 Å². The fourth-order valence-corrected chi connectivity index (χ4v) is 4.07. The first-order valence-electron chi connectivity index (χ1n) is 7.29. The second-order valence-electron chi connectivity index (χ2n) is 6.86. The fourth-order valence-electron chi connectivity index (χ4n) is 4.07. The van der Waals surface area contributed by atoms with Crippen molar-refractivity contribution in [1.29, 1.82) is 0 Å². The Morgan fingerprint density at radius 1 is 1.11 bits per heavy atom. The number of fused-ring (bicyclic) bond motifs is 3. The second-order valence-corrected chi connectivity index (χ2v) is 6.86. The Morgan fingerprint density at radius 2 is 1.89 bits per heavy atom. The third-order valence-corrected chi connectivity index (χ3v) is 5.11. The molecule has 1 aromatic heterocycles. The van der Waals surface area contributed by atoms with Gasteiger partial charge in [-0.25, -0.2) is 0 Å². The molecule has 2 aliphatic rings. The van der Waals surface area contributed by atoms with Gasteiger partial charge < -0.3 is 9.30 Å². The van der Waals surface area contributed by atoms with E-state index in [2.05, 4.69) is 49.6 Å². The van der Waals surface area contributed by atoms with E-state index < -0.39 is 0 Å². The van der Waals surface area contributed by atoms with Gasteiger partial charge >= 0.3 is 0 Å². The van der Waals surface area contributed by atoms with Crippen molar-refractivity contribution in [3.8, 4) is 0 Å². The molecule has 2 aromatic rings. The highest BCUT2D eigenvalue weighted by molar-refractivity contribution is 5.87. The Hall–Kier alpha value is -1.28. The van der Waals surface area contributed by atoms with Crippen molar-refractivity contribution in [2.45, 2.75) is 51.2 Å². The van der Waals surface area contributed by atoms with Crippen LogP contribution in [0.25, 0.3) is 10.9 Å². The lowest BCUT2D eigenvalue weighted by Gasteiger charge is -2.44. The van der Waals surface area contributed by atoms with Crippen LogP contribution in [0.1, 0.15) is 44.9 Å². The molecule has 1 aromatic carbocycles. The van der Waals surface area contributed by atoms with Gasteiger partial charge in [0.15, 0.2) is 0 Å². The summed E-state index contributed by atoms with van der Waals surface area (Å²) in [5.74, 6) is 0. The number of nitrogens with zero attached hydrogens (tertiary/aromatic N) is 1. The van der Waals surface area contributed by atoms with Crippen molar-refractivity contribution in [3.63, 3.8) is 0 Å².